The van der Waals surface area contributed by atoms with E-state index in [-0.39, 0.29) is 11.3 Å². The number of benzene rings is 1. The summed E-state index contributed by atoms with van der Waals surface area (Å²) in [5.74, 6) is -1.25. The van der Waals surface area contributed by atoms with Gasteiger partial charge in [0.05, 0.1) is 5.56 Å². The molecule has 14 heavy (non-hydrogen) atoms. The van der Waals surface area contributed by atoms with Crippen LogP contribution < -0.4 is 5.73 Å². The van der Waals surface area contributed by atoms with E-state index in [0.717, 1.165) is 12.1 Å². The monoisotopic (exact) mass is 211 g/mol. The van der Waals surface area contributed by atoms with Crippen LogP contribution in [0, 0.1) is 11.6 Å². The number of anilines is 1. The Labute approximate surface area is 83.8 Å². The number of halogens is 2. The smallest absolute Gasteiger partial charge is 0.136 e. The number of thiophene rings is 1. The predicted molar refractivity (Wildman–Crippen MR) is 54.1 cm³/mol. The Morgan fingerprint density at radius 1 is 1.14 bits per heavy atom. The van der Waals surface area contributed by atoms with Crippen molar-refractivity contribution >= 4 is 17.0 Å². The Balaban J connectivity index is 2.64. The molecule has 0 aliphatic rings. The van der Waals surface area contributed by atoms with Crippen molar-refractivity contribution < 1.29 is 8.78 Å². The van der Waals surface area contributed by atoms with Crippen molar-refractivity contribution in [3.8, 4) is 11.1 Å². The van der Waals surface area contributed by atoms with Gasteiger partial charge in [-0.3, -0.25) is 0 Å². The third-order valence-electron chi connectivity index (χ3n) is 1.87. The van der Waals surface area contributed by atoms with Gasteiger partial charge in [0.15, 0.2) is 0 Å². The van der Waals surface area contributed by atoms with E-state index >= 15 is 0 Å². The third-order valence-corrected chi connectivity index (χ3v) is 2.56. The Bertz CT molecular complexity index is 428. The lowest BCUT2D eigenvalue weighted by Crippen LogP contribution is -1.93. The Morgan fingerprint density at radius 3 is 2.29 bits per heavy atom. The van der Waals surface area contributed by atoms with Crippen molar-refractivity contribution in [1.82, 2.24) is 0 Å². The molecule has 1 aromatic carbocycles. The maximum absolute atomic E-state index is 13.4. The van der Waals surface area contributed by atoms with E-state index in [1.165, 1.54) is 11.3 Å². The van der Waals surface area contributed by atoms with Crippen LogP contribution in [0.5, 0.6) is 0 Å². The van der Waals surface area contributed by atoms with E-state index in [2.05, 4.69) is 0 Å². The lowest BCUT2D eigenvalue weighted by molar-refractivity contribution is 0.591. The molecule has 0 spiro atoms. The van der Waals surface area contributed by atoms with Gasteiger partial charge in [-0.25, -0.2) is 8.78 Å². The molecule has 72 valence electrons. The van der Waals surface area contributed by atoms with E-state index in [1.807, 2.05) is 0 Å². The zero-order chi connectivity index (χ0) is 10.1. The van der Waals surface area contributed by atoms with Crippen LogP contribution in [0.4, 0.5) is 14.5 Å². The van der Waals surface area contributed by atoms with Crippen molar-refractivity contribution in [2.75, 3.05) is 5.73 Å². The van der Waals surface area contributed by atoms with Crippen molar-refractivity contribution in [2.45, 2.75) is 0 Å². The van der Waals surface area contributed by atoms with Gasteiger partial charge in [-0.1, -0.05) is 0 Å². The summed E-state index contributed by atoms with van der Waals surface area (Å²) in [7, 11) is 0. The molecule has 0 bridgehead atoms. The van der Waals surface area contributed by atoms with Crippen LogP contribution in [-0.4, -0.2) is 0 Å². The van der Waals surface area contributed by atoms with Crippen LogP contribution in [0.2, 0.25) is 0 Å². The molecule has 1 nitrogen and oxygen atoms in total. The summed E-state index contributed by atoms with van der Waals surface area (Å²) in [6, 6.07) is 3.91. The first-order valence-corrected chi connectivity index (χ1v) is 4.90. The first kappa shape index (κ1) is 9.15. The van der Waals surface area contributed by atoms with E-state index in [9.17, 15) is 8.78 Å². The molecule has 0 saturated heterocycles. The molecule has 2 rings (SSSR count). The normalized spacial score (nSPS) is 10.4. The first-order valence-electron chi connectivity index (χ1n) is 3.95. The Morgan fingerprint density at radius 2 is 1.79 bits per heavy atom. The maximum Gasteiger partial charge on any atom is 0.136 e. The highest BCUT2D eigenvalue weighted by Gasteiger charge is 2.12. The fourth-order valence-electron chi connectivity index (χ4n) is 1.28. The van der Waals surface area contributed by atoms with Crippen molar-refractivity contribution in [3.63, 3.8) is 0 Å². The maximum atomic E-state index is 13.4. The van der Waals surface area contributed by atoms with E-state index in [0.29, 0.717) is 5.56 Å². The van der Waals surface area contributed by atoms with Gasteiger partial charge in [-0.15, -0.1) is 0 Å². The lowest BCUT2D eigenvalue weighted by Gasteiger charge is -2.03. The molecule has 0 amide bonds. The van der Waals surface area contributed by atoms with Crippen molar-refractivity contribution in [3.05, 3.63) is 40.6 Å². The molecule has 1 heterocycles. The summed E-state index contributed by atoms with van der Waals surface area (Å²) in [4.78, 5) is 0. The summed E-state index contributed by atoms with van der Waals surface area (Å²) < 4.78 is 26.7. The minimum atomic E-state index is -0.624. The molecule has 0 fully saturated rings. The van der Waals surface area contributed by atoms with Gasteiger partial charge in [0, 0.05) is 5.69 Å². The summed E-state index contributed by atoms with van der Waals surface area (Å²) in [6.07, 6.45) is 0. The van der Waals surface area contributed by atoms with Gasteiger partial charge in [0.1, 0.15) is 11.6 Å². The molecule has 2 N–H and O–H groups in total. The number of hydrogen-bond acceptors (Lipinski definition) is 2. The first-order chi connectivity index (χ1) is 6.68. The van der Waals surface area contributed by atoms with Crippen molar-refractivity contribution in [1.29, 1.82) is 0 Å². The average molecular weight is 211 g/mol. The third kappa shape index (κ3) is 1.48. The standard InChI is InChI=1S/C10H7F2NS/c11-8-3-7(13)4-9(12)10(8)6-1-2-14-5-6/h1-5H,13H2. The number of rotatable bonds is 1. The molecule has 1 aromatic heterocycles. The largest absolute Gasteiger partial charge is 0.399 e. The SMILES string of the molecule is Nc1cc(F)c(-c2ccsc2)c(F)c1. The molecule has 0 radical (unpaired) electrons. The molecular formula is C10H7F2NS. The zero-order valence-electron chi connectivity index (χ0n) is 7.13. The van der Waals surface area contributed by atoms with Crippen LogP contribution in [0.3, 0.4) is 0 Å². The number of nitrogens with two attached hydrogens (primary N) is 1. The predicted octanol–water partition coefficient (Wildman–Crippen LogP) is 3.28. The molecule has 0 aliphatic heterocycles. The minimum Gasteiger partial charge on any atom is -0.399 e. The van der Waals surface area contributed by atoms with Crippen LogP contribution in [0.15, 0.2) is 29.0 Å². The second-order valence-corrected chi connectivity index (χ2v) is 3.65. The average Bonchev–Trinajstić information content (AvgIpc) is 2.54. The van der Waals surface area contributed by atoms with Crippen LogP contribution in [0.1, 0.15) is 0 Å². The molecule has 4 heteroatoms. The highest BCUT2D eigenvalue weighted by atomic mass is 32.1. The van der Waals surface area contributed by atoms with E-state index < -0.39 is 11.6 Å². The second kappa shape index (κ2) is 3.38. The van der Waals surface area contributed by atoms with E-state index in [1.54, 1.807) is 16.8 Å². The summed E-state index contributed by atoms with van der Waals surface area (Å²) in [5, 5.41) is 3.46. The van der Waals surface area contributed by atoms with Crippen LogP contribution >= 0.6 is 11.3 Å². The van der Waals surface area contributed by atoms with E-state index in [4.69, 9.17) is 5.73 Å². The number of nitrogen functional groups attached to an aromatic ring is 1. The summed E-state index contributed by atoms with van der Waals surface area (Å²) in [6.45, 7) is 0. The van der Waals surface area contributed by atoms with Crippen LogP contribution in [-0.2, 0) is 0 Å². The molecule has 0 unspecified atom stereocenters. The number of hydrogen-bond donors (Lipinski definition) is 1. The molecule has 2 aromatic rings. The van der Waals surface area contributed by atoms with Gasteiger partial charge in [-0.2, -0.15) is 11.3 Å². The topological polar surface area (TPSA) is 26.0 Å². The lowest BCUT2D eigenvalue weighted by atomic mass is 10.1. The quantitative estimate of drug-likeness (QED) is 0.720. The minimum absolute atomic E-state index is 0.0135. The molecule has 0 aliphatic carbocycles. The van der Waals surface area contributed by atoms with Crippen molar-refractivity contribution in [2.24, 2.45) is 0 Å². The fraction of sp³-hybridized carbons (Fsp3) is 0. The summed E-state index contributed by atoms with van der Waals surface area (Å²) in [5.41, 5.74) is 5.93. The van der Waals surface area contributed by atoms with Gasteiger partial charge in [-0.05, 0) is 34.5 Å². The molecule has 0 atom stereocenters. The van der Waals surface area contributed by atoms with Crippen LogP contribution in [0.25, 0.3) is 11.1 Å². The van der Waals surface area contributed by atoms with Gasteiger partial charge in [0.2, 0.25) is 0 Å². The summed E-state index contributed by atoms with van der Waals surface area (Å²) >= 11 is 1.39. The molecular weight excluding hydrogens is 204 g/mol. The second-order valence-electron chi connectivity index (χ2n) is 2.87. The fourth-order valence-corrected chi connectivity index (χ4v) is 1.92. The molecule has 0 saturated carbocycles. The Hall–Kier alpha value is -1.42. The van der Waals surface area contributed by atoms with Gasteiger partial charge in [0.25, 0.3) is 0 Å². The highest BCUT2D eigenvalue weighted by Crippen LogP contribution is 2.29. The zero-order valence-corrected chi connectivity index (χ0v) is 7.94. The van der Waals surface area contributed by atoms with Gasteiger partial charge >= 0.3 is 0 Å². The highest BCUT2D eigenvalue weighted by molar-refractivity contribution is 7.08. The Kier molecular flexibility index (Phi) is 2.21. The van der Waals surface area contributed by atoms with Gasteiger partial charge < -0.3 is 5.73 Å².